The fraction of sp³-hybridized carbons (Fsp3) is 0.480. The summed E-state index contributed by atoms with van der Waals surface area (Å²) in [5, 5.41) is 21.4. The van der Waals surface area contributed by atoms with Gasteiger partial charge in [0, 0.05) is 18.9 Å². The fourth-order valence-electron chi connectivity index (χ4n) is 5.29. The highest BCUT2D eigenvalue weighted by Crippen LogP contribution is 2.50. The molecule has 1 saturated heterocycles. The molecule has 5 heteroatoms. The van der Waals surface area contributed by atoms with Gasteiger partial charge in [0.2, 0.25) is 5.91 Å². The first-order chi connectivity index (χ1) is 14.5. The monoisotopic (exact) mass is 409 g/mol. The van der Waals surface area contributed by atoms with Crippen molar-refractivity contribution >= 4 is 5.91 Å². The summed E-state index contributed by atoms with van der Waals surface area (Å²) in [6.45, 7) is 0.550. The number of ether oxygens (including phenoxy) is 1. The normalized spacial score (nSPS) is 26.1. The number of amides is 1. The van der Waals surface area contributed by atoms with Gasteiger partial charge < -0.3 is 19.8 Å². The maximum absolute atomic E-state index is 13.3. The number of aromatic hydroxyl groups is 1. The van der Waals surface area contributed by atoms with Gasteiger partial charge >= 0.3 is 0 Å². The molecule has 5 nitrogen and oxygen atoms in total. The number of rotatable bonds is 5. The average Bonchev–Trinajstić information content (AvgIpc) is 2.77. The number of carbonyl (C=O) groups excluding carboxylic acids is 1. The van der Waals surface area contributed by atoms with Crippen LogP contribution in [0.4, 0.5) is 0 Å². The summed E-state index contributed by atoms with van der Waals surface area (Å²) < 4.78 is 5.32. The Labute approximate surface area is 178 Å². The van der Waals surface area contributed by atoms with Crippen LogP contribution in [0, 0.1) is 5.92 Å². The van der Waals surface area contributed by atoms with E-state index in [1.807, 2.05) is 47.4 Å². The molecule has 2 aromatic rings. The lowest BCUT2D eigenvalue weighted by Crippen LogP contribution is -2.56. The van der Waals surface area contributed by atoms with Crippen LogP contribution in [0.5, 0.6) is 11.5 Å². The zero-order chi connectivity index (χ0) is 21.1. The number of fused-ring (bicyclic) bond motifs is 1. The number of aliphatic hydroxyl groups is 1. The smallest absolute Gasteiger partial charge is 0.223 e. The van der Waals surface area contributed by atoms with Gasteiger partial charge in [0.15, 0.2) is 11.5 Å². The molecule has 2 aliphatic rings. The van der Waals surface area contributed by atoms with Crippen LogP contribution in [0.1, 0.15) is 55.7 Å². The van der Waals surface area contributed by atoms with Crippen LogP contribution in [0.3, 0.4) is 0 Å². The second-order valence-electron chi connectivity index (χ2n) is 8.65. The second-order valence-corrected chi connectivity index (χ2v) is 8.65. The van der Waals surface area contributed by atoms with Crippen molar-refractivity contribution in [2.45, 2.75) is 56.6 Å². The van der Waals surface area contributed by atoms with Crippen LogP contribution in [-0.4, -0.2) is 40.3 Å². The van der Waals surface area contributed by atoms with E-state index in [4.69, 9.17) is 4.74 Å². The number of phenols is 1. The van der Waals surface area contributed by atoms with E-state index in [-0.39, 0.29) is 23.6 Å². The van der Waals surface area contributed by atoms with Gasteiger partial charge in [-0.1, -0.05) is 49.2 Å². The summed E-state index contributed by atoms with van der Waals surface area (Å²) in [5.74, 6) is 0.588. The molecule has 30 heavy (non-hydrogen) atoms. The predicted octanol–water partition coefficient (Wildman–Crippen LogP) is 4.23. The molecule has 3 unspecified atom stereocenters. The number of phenolic OH excluding ortho intramolecular Hbond substituents is 1. The first-order valence-electron chi connectivity index (χ1n) is 10.9. The van der Waals surface area contributed by atoms with Gasteiger partial charge in [-0.3, -0.25) is 4.79 Å². The molecule has 2 aromatic carbocycles. The minimum atomic E-state index is -0.732. The van der Waals surface area contributed by atoms with Crippen LogP contribution in [0.25, 0.3) is 0 Å². The third-order valence-electron chi connectivity index (χ3n) is 6.90. The molecule has 2 fully saturated rings. The lowest BCUT2D eigenvalue weighted by atomic mass is 9.66. The number of hydrogen-bond acceptors (Lipinski definition) is 4. The summed E-state index contributed by atoms with van der Waals surface area (Å²) in [4.78, 5) is 15.3. The van der Waals surface area contributed by atoms with Crippen molar-refractivity contribution in [3.05, 3.63) is 59.7 Å². The number of aryl methyl sites for hydroxylation is 1. The molecule has 1 heterocycles. The Kier molecular flexibility index (Phi) is 6.00. The van der Waals surface area contributed by atoms with Crippen LogP contribution in [0.15, 0.2) is 48.5 Å². The molecule has 160 valence electrons. The summed E-state index contributed by atoms with van der Waals surface area (Å²) >= 11 is 0. The average molecular weight is 410 g/mol. The van der Waals surface area contributed by atoms with Gasteiger partial charge in [-0.15, -0.1) is 0 Å². The van der Waals surface area contributed by atoms with E-state index in [1.165, 1.54) is 7.11 Å². The first-order valence-corrected chi connectivity index (χ1v) is 10.9. The van der Waals surface area contributed by atoms with Crippen molar-refractivity contribution < 1.29 is 19.7 Å². The Morgan fingerprint density at radius 1 is 1.17 bits per heavy atom. The molecule has 4 rings (SSSR count). The van der Waals surface area contributed by atoms with E-state index >= 15 is 0 Å². The maximum Gasteiger partial charge on any atom is 0.223 e. The molecule has 1 aliphatic heterocycles. The number of carbonyl (C=O) groups is 1. The second kappa shape index (κ2) is 8.68. The van der Waals surface area contributed by atoms with E-state index in [0.717, 1.165) is 36.8 Å². The molecular weight excluding hydrogens is 378 g/mol. The van der Waals surface area contributed by atoms with Crippen molar-refractivity contribution in [2.75, 3.05) is 13.7 Å². The molecule has 1 saturated carbocycles. The first kappa shape index (κ1) is 20.7. The number of hydrogen-bond donors (Lipinski definition) is 2. The standard InChI is InChI=1S/C25H31NO4/c1-30-22-17-19(11-12-21(22)27)24-20-9-5-6-14-25(20,29)15-16-26(24)23(28)13-10-18-7-3-2-4-8-18/h2-4,7-8,11-12,17,20,24,27,29H,5-6,9-10,13-16H2,1H3. The third-order valence-corrected chi connectivity index (χ3v) is 6.90. The highest BCUT2D eigenvalue weighted by atomic mass is 16.5. The van der Waals surface area contributed by atoms with Gasteiger partial charge in [-0.2, -0.15) is 0 Å². The largest absolute Gasteiger partial charge is 0.504 e. The zero-order valence-electron chi connectivity index (χ0n) is 17.6. The summed E-state index contributed by atoms with van der Waals surface area (Å²) in [7, 11) is 1.53. The number of likely N-dealkylation sites (tertiary alicyclic amines) is 1. The van der Waals surface area contributed by atoms with Crippen molar-refractivity contribution in [1.29, 1.82) is 0 Å². The lowest BCUT2D eigenvalue weighted by Gasteiger charge is -2.52. The van der Waals surface area contributed by atoms with E-state index in [0.29, 0.717) is 31.6 Å². The molecule has 0 spiro atoms. The molecule has 1 aliphatic carbocycles. The van der Waals surface area contributed by atoms with Crippen LogP contribution in [-0.2, 0) is 11.2 Å². The Bertz CT molecular complexity index is 884. The van der Waals surface area contributed by atoms with Crippen molar-refractivity contribution in [2.24, 2.45) is 5.92 Å². The van der Waals surface area contributed by atoms with Gasteiger partial charge in [-0.05, 0) is 48.9 Å². The summed E-state index contributed by atoms with van der Waals surface area (Å²) in [6.07, 6.45) is 5.55. The van der Waals surface area contributed by atoms with Gasteiger partial charge in [0.25, 0.3) is 0 Å². The molecule has 0 bridgehead atoms. The van der Waals surface area contributed by atoms with E-state index in [1.54, 1.807) is 6.07 Å². The molecule has 3 atom stereocenters. The van der Waals surface area contributed by atoms with Gasteiger partial charge in [0.05, 0.1) is 18.8 Å². The number of piperidine rings is 1. The minimum Gasteiger partial charge on any atom is -0.504 e. The van der Waals surface area contributed by atoms with E-state index in [2.05, 4.69) is 0 Å². The van der Waals surface area contributed by atoms with E-state index < -0.39 is 5.60 Å². The quantitative estimate of drug-likeness (QED) is 0.775. The Hall–Kier alpha value is -2.53. The predicted molar refractivity (Wildman–Crippen MR) is 115 cm³/mol. The molecule has 2 N–H and O–H groups in total. The van der Waals surface area contributed by atoms with E-state index in [9.17, 15) is 15.0 Å². The number of benzene rings is 2. The van der Waals surface area contributed by atoms with Crippen molar-refractivity contribution in [3.63, 3.8) is 0 Å². The number of nitrogens with zero attached hydrogens (tertiary/aromatic N) is 1. The van der Waals surface area contributed by atoms with Gasteiger partial charge in [-0.25, -0.2) is 0 Å². The molecule has 1 amide bonds. The lowest BCUT2D eigenvalue weighted by molar-refractivity contribution is -0.155. The highest BCUT2D eigenvalue weighted by Gasteiger charge is 2.50. The Balaban J connectivity index is 1.63. The van der Waals surface area contributed by atoms with Crippen LogP contribution >= 0.6 is 0 Å². The Morgan fingerprint density at radius 3 is 2.73 bits per heavy atom. The molecular formula is C25H31NO4. The van der Waals surface area contributed by atoms with Gasteiger partial charge in [0.1, 0.15) is 0 Å². The van der Waals surface area contributed by atoms with Crippen LogP contribution in [0.2, 0.25) is 0 Å². The molecule has 0 radical (unpaired) electrons. The number of methoxy groups -OCH3 is 1. The fourth-order valence-corrected chi connectivity index (χ4v) is 5.29. The topological polar surface area (TPSA) is 70.0 Å². The summed E-state index contributed by atoms with van der Waals surface area (Å²) in [6, 6.07) is 15.2. The maximum atomic E-state index is 13.3. The minimum absolute atomic E-state index is 0.00470. The molecule has 0 aromatic heterocycles. The van der Waals surface area contributed by atoms with Crippen molar-refractivity contribution in [1.82, 2.24) is 4.90 Å². The van der Waals surface area contributed by atoms with Crippen molar-refractivity contribution in [3.8, 4) is 11.5 Å². The Morgan fingerprint density at radius 2 is 1.97 bits per heavy atom. The zero-order valence-corrected chi connectivity index (χ0v) is 17.6. The SMILES string of the molecule is COc1cc(C2C3CCCCC3(O)CCN2C(=O)CCc2ccccc2)ccc1O. The third kappa shape index (κ3) is 4.04. The van der Waals surface area contributed by atoms with Crippen LogP contribution < -0.4 is 4.74 Å². The highest BCUT2D eigenvalue weighted by molar-refractivity contribution is 5.77. The summed E-state index contributed by atoms with van der Waals surface area (Å²) in [5.41, 5.74) is 1.34.